The highest BCUT2D eigenvalue weighted by molar-refractivity contribution is 6.42. The van der Waals surface area contributed by atoms with Crippen LogP contribution >= 0.6 is 23.2 Å². The van der Waals surface area contributed by atoms with E-state index in [1.54, 1.807) is 18.2 Å². The first-order chi connectivity index (χ1) is 14.5. The number of nitrogens with one attached hydrogen (secondary N) is 2. The number of ether oxygens (including phenoxy) is 1. The number of nitrogens with zero attached hydrogens (tertiary/aromatic N) is 1. The molecule has 2 fully saturated rings. The van der Waals surface area contributed by atoms with Crippen LogP contribution in [0.3, 0.4) is 0 Å². The summed E-state index contributed by atoms with van der Waals surface area (Å²) in [5, 5.41) is 7.02. The van der Waals surface area contributed by atoms with Crippen molar-refractivity contribution in [3.8, 4) is 5.75 Å². The van der Waals surface area contributed by atoms with Gasteiger partial charge in [0.2, 0.25) is 5.91 Å². The molecule has 1 aliphatic heterocycles. The van der Waals surface area contributed by atoms with Gasteiger partial charge in [-0.2, -0.15) is 0 Å². The lowest BCUT2D eigenvalue weighted by atomic mass is 9.96. The van der Waals surface area contributed by atoms with Crippen LogP contribution in [0.5, 0.6) is 5.75 Å². The molecule has 2 N–H and O–H groups in total. The molecule has 0 aromatic heterocycles. The average molecular weight is 456 g/mol. The number of halogens is 2. The van der Waals surface area contributed by atoms with E-state index in [9.17, 15) is 9.59 Å². The summed E-state index contributed by atoms with van der Waals surface area (Å²) < 4.78 is 5.64. The molecule has 1 aliphatic carbocycles. The van der Waals surface area contributed by atoms with Crippen LogP contribution in [0.25, 0.3) is 0 Å². The van der Waals surface area contributed by atoms with E-state index < -0.39 is 0 Å². The van der Waals surface area contributed by atoms with E-state index in [1.807, 2.05) is 4.90 Å². The number of likely N-dealkylation sites (tertiary alicyclic amines) is 1. The van der Waals surface area contributed by atoms with Crippen molar-refractivity contribution < 1.29 is 14.3 Å². The second-order valence-electron chi connectivity index (χ2n) is 8.11. The Balaban J connectivity index is 1.30. The third kappa shape index (κ3) is 6.95. The number of urea groups is 1. The Morgan fingerprint density at radius 2 is 1.67 bits per heavy atom. The van der Waals surface area contributed by atoms with Gasteiger partial charge in [-0.25, -0.2) is 4.79 Å². The van der Waals surface area contributed by atoms with Gasteiger partial charge in [0.25, 0.3) is 0 Å². The highest BCUT2D eigenvalue weighted by atomic mass is 35.5. The van der Waals surface area contributed by atoms with Gasteiger partial charge in [-0.1, -0.05) is 48.5 Å². The monoisotopic (exact) mass is 455 g/mol. The van der Waals surface area contributed by atoms with Crippen LogP contribution in [0, 0.1) is 0 Å². The van der Waals surface area contributed by atoms with Crippen LogP contribution in [0.15, 0.2) is 18.2 Å². The molecule has 1 saturated heterocycles. The summed E-state index contributed by atoms with van der Waals surface area (Å²) in [5.74, 6) is 0.663. The fourth-order valence-corrected chi connectivity index (χ4v) is 4.44. The van der Waals surface area contributed by atoms with Gasteiger partial charge in [0.05, 0.1) is 11.6 Å². The summed E-state index contributed by atoms with van der Waals surface area (Å²) in [5.41, 5.74) is 0. The van der Waals surface area contributed by atoms with E-state index in [1.165, 1.54) is 19.3 Å². The van der Waals surface area contributed by atoms with Crippen molar-refractivity contribution in [2.24, 2.45) is 0 Å². The normalized spacial score (nSPS) is 18.1. The predicted octanol–water partition coefficient (Wildman–Crippen LogP) is 4.78. The fourth-order valence-electron chi connectivity index (χ4n) is 4.09. The number of hydrogen-bond donors (Lipinski definition) is 2. The number of carbonyl (C=O) groups is 2. The summed E-state index contributed by atoms with van der Waals surface area (Å²) in [4.78, 5) is 26.5. The quantitative estimate of drug-likeness (QED) is 0.581. The highest BCUT2D eigenvalue weighted by Gasteiger charge is 2.24. The van der Waals surface area contributed by atoms with E-state index in [4.69, 9.17) is 27.9 Å². The Labute approximate surface area is 188 Å². The molecule has 3 rings (SSSR count). The zero-order chi connectivity index (χ0) is 21.3. The van der Waals surface area contributed by atoms with Gasteiger partial charge < -0.3 is 20.3 Å². The Kier molecular flexibility index (Phi) is 8.94. The lowest BCUT2D eigenvalue weighted by molar-refractivity contribution is -0.132. The third-order valence-electron chi connectivity index (χ3n) is 5.83. The molecule has 1 aromatic rings. The molecule has 0 atom stereocenters. The maximum atomic E-state index is 12.4. The first-order valence-electron chi connectivity index (χ1n) is 10.9. The second-order valence-corrected chi connectivity index (χ2v) is 8.90. The van der Waals surface area contributed by atoms with Crippen molar-refractivity contribution in [1.82, 2.24) is 15.5 Å². The summed E-state index contributed by atoms with van der Waals surface area (Å²) >= 11 is 12.1. The predicted molar refractivity (Wildman–Crippen MR) is 119 cm³/mol. The molecular weight excluding hydrogens is 425 g/mol. The maximum Gasteiger partial charge on any atom is 0.315 e. The van der Waals surface area contributed by atoms with E-state index in [-0.39, 0.29) is 18.0 Å². The van der Waals surface area contributed by atoms with Crippen molar-refractivity contribution >= 4 is 35.1 Å². The minimum absolute atomic E-state index is 0.0662. The molecule has 8 heteroatoms. The van der Waals surface area contributed by atoms with Gasteiger partial charge in [-0.15, -0.1) is 0 Å². The number of benzene rings is 1. The molecule has 0 spiro atoms. The number of piperidine rings is 1. The van der Waals surface area contributed by atoms with E-state index in [2.05, 4.69) is 10.6 Å². The van der Waals surface area contributed by atoms with Crippen LogP contribution in [-0.4, -0.2) is 48.6 Å². The number of carbonyl (C=O) groups excluding carboxylic acids is 2. The SMILES string of the molecule is O=C(NC1CCCCC1)NC1CCN(C(=O)CCCOc2cccc(Cl)c2Cl)CC1. The van der Waals surface area contributed by atoms with Crippen LogP contribution in [0.2, 0.25) is 10.0 Å². The molecule has 1 saturated carbocycles. The van der Waals surface area contributed by atoms with E-state index in [0.29, 0.717) is 54.4 Å². The summed E-state index contributed by atoms with van der Waals surface area (Å²) in [7, 11) is 0. The molecule has 1 heterocycles. The lowest BCUT2D eigenvalue weighted by Crippen LogP contribution is -2.51. The number of hydrogen-bond acceptors (Lipinski definition) is 3. The average Bonchev–Trinajstić information content (AvgIpc) is 2.75. The molecule has 6 nitrogen and oxygen atoms in total. The molecule has 0 unspecified atom stereocenters. The van der Waals surface area contributed by atoms with Crippen LogP contribution in [-0.2, 0) is 4.79 Å². The smallest absolute Gasteiger partial charge is 0.315 e. The summed E-state index contributed by atoms with van der Waals surface area (Å²) in [6, 6.07) is 5.62. The van der Waals surface area contributed by atoms with Crippen LogP contribution in [0.1, 0.15) is 57.8 Å². The molecule has 0 radical (unpaired) electrons. The van der Waals surface area contributed by atoms with Crippen molar-refractivity contribution in [2.75, 3.05) is 19.7 Å². The zero-order valence-electron chi connectivity index (χ0n) is 17.3. The highest BCUT2D eigenvalue weighted by Crippen LogP contribution is 2.31. The van der Waals surface area contributed by atoms with Gasteiger partial charge in [0.1, 0.15) is 10.8 Å². The molecule has 1 aromatic carbocycles. The largest absolute Gasteiger partial charge is 0.492 e. The summed E-state index contributed by atoms with van der Waals surface area (Å²) in [6.07, 6.45) is 8.44. The fraction of sp³-hybridized carbons (Fsp3) is 0.636. The topological polar surface area (TPSA) is 70.7 Å². The minimum atomic E-state index is -0.0662. The Morgan fingerprint density at radius 3 is 2.37 bits per heavy atom. The Bertz CT molecular complexity index is 718. The molecule has 30 heavy (non-hydrogen) atoms. The zero-order valence-corrected chi connectivity index (χ0v) is 18.8. The maximum absolute atomic E-state index is 12.4. The van der Waals surface area contributed by atoms with E-state index in [0.717, 1.165) is 25.7 Å². The van der Waals surface area contributed by atoms with Gasteiger partial charge in [0.15, 0.2) is 0 Å². The minimum Gasteiger partial charge on any atom is -0.492 e. The Hall–Kier alpha value is -1.66. The molecule has 2 aliphatic rings. The standard InChI is InChI=1S/C22H31Cl2N3O3/c23-18-8-4-9-19(21(18)24)30-15-5-10-20(28)27-13-11-17(12-14-27)26-22(29)25-16-6-2-1-3-7-16/h4,8-9,16-17H,1-3,5-7,10-15H2,(H2,25,26,29). The third-order valence-corrected chi connectivity index (χ3v) is 6.63. The van der Waals surface area contributed by atoms with Crippen molar-refractivity contribution in [1.29, 1.82) is 0 Å². The molecule has 3 amide bonds. The molecule has 0 bridgehead atoms. The first-order valence-corrected chi connectivity index (χ1v) is 11.7. The van der Waals surface area contributed by atoms with Crippen LogP contribution in [0.4, 0.5) is 4.79 Å². The summed E-state index contributed by atoms with van der Waals surface area (Å²) in [6.45, 7) is 1.76. The number of amides is 3. The molecular formula is C22H31Cl2N3O3. The van der Waals surface area contributed by atoms with Crippen molar-refractivity contribution in [2.45, 2.75) is 69.9 Å². The molecule has 166 valence electrons. The number of rotatable bonds is 7. The van der Waals surface area contributed by atoms with Gasteiger partial charge >= 0.3 is 6.03 Å². The second kappa shape index (κ2) is 11.7. The van der Waals surface area contributed by atoms with E-state index >= 15 is 0 Å². The van der Waals surface area contributed by atoms with Crippen LogP contribution < -0.4 is 15.4 Å². The van der Waals surface area contributed by atoms with Crippen molar-refractivity contribution in [3.05, 3.63) is 28.2 Å². The van der Waals surface area contributed by atoms with Crippen molar-refractivity contribution in [3.63, 3.8) is 0 Å². The van der Waals surface area contributed by atoms with Gasteiger partial charge in [-0.05, 0) is 44.2 Å². The first kappa shape index (κ1) is 23.0. The van der Waals surface area contributed by atoms with Gasteiger partial charge in [0, 0.05) is 31.6 Å². The lowest BCUT2D eigenvalue weighted by Gasteiger charge is -2.33. The van der Waals surface area contributed by atoms with Gasteiger partial charge in [-0.3, -0.25) is 4.79 Å². The Morgan fingerprint density at radius 1 is 1.00 bits per heavy atom.